The van der Waals surface area contributed by atoms with Gasteiger partial charge in [-0.1, -0.05) is 0 Å². The van der Waals surface area contributed by atoms with Gasteiger partial charge in [0.1, 0.15) is 0 Å². The monoisotopic (exact) mass is 345 g/mol. The molecule has 1 heterocycles. The number of halogens is 1. The zero-order valence-corrected chi connectivity index (χ0v) is 17.7. The Bertz CT molecular complexity index is 200. The molecule has 1 unspecified atom stereocenters. The van der Waals surface area contributed by atoms with Crippen molar-refractivity contribution in [1.29, 1.82) is 0 Å². The van der Waals surface area contributed by atoms with Crippen LogP contribution in [-0.2, 0) is 0 Å². The normalized spacial score (nSPS) is 22.5. The Morgan fingerprint density at radius 3 is 2.35 bits per heavy atom. The molecule has 0 amide bonds. The number of alkyl halides is 1. The van der Waals surface area contributed by atoms with Crippen molar-refractivity contribution in [2.75, 3.05) is 20.1 Å². The van der Waals surface area contributed by atoms with Gasteiger partial charge in [0.2, 0.25) is 0 Å². The van der Waals surface area contributed by atoms with Gasteiger partial charge in [-0.25, -0.2) is 0 Å². The van der Waals surface area contributed by atoms with Crippen molar-refractivity contribution in [2.45, 2.75) is 61.7 Å². The summed E-state index contributed by atoms with van der Waals surface area (Å²) in [5, 5.41) is 0. The number of hydrogen-bond donors (Lipinski definition) is 0. The average Bonchev–Trinajstić information content (AvgIpc) is 2.29. The van der Waals surface area contributed by atoms with Gasteiger partial charge in [-0.15, -0.1) is 0 Å². The third-order valence-corrected chi connectivity index (χ3v) is 8.10. The number of hydrogen-bond acceptors (Lipinski definition) is 1. The summed E-state index contributed by atoms with van der Waals surface area (Å²) in [5.41, 5.74) is 0. The van der Waals surface area contributed by atoms with E-state index in [-0.39, 0.29) is 24.4 Å². The molecular weight excluding hydrogens is 316 g/mol. The van der Waals surface area contributed by atoms with Crippen LogP contribution >= 0.6 is 0 Å². The van der Waals surface area contributed by atoms with E-state index in [1.807, 2.05) is 0 Å². The van der Waals surface area contributed by atoms with Crippen molar-refractivity contribution < 1.29 is 4.39 Å². The Hall–Kier alpha value is 0.760. The molecular formula is C14H29FInN. The zero-order valence-electron chi connectivity index (χ0n) is 12.0. The Morgan fingerprint density at radius 2 is 1.76 bits per heavy atom. The molecule has 1 atom stereocenters. The molecule has 17 heavy (non-hydrogen) atoms. The zero-order chi connectivity index (χ0) is 12.7. The molecule has 1 nitrogen and oxygen atoms in total. The molecule has 1 aliphatic rings. The average molecular weight is 345 g/mol. The van der Waals surface area contributed by atoms with E-state index in [1.165, 1.54) is 25.7 Å². The quantitative estimate of drug-likeness (QED) is 0.642. The first-order valence-corrected chi connectivity index (χ1v) is 10.3. The predicted octanol–water partition coefficient (Wildman–Crippen LogP) is 2.99. The van der Waals surface area contributed by atoms with Gasteiger partial charge in [-0.3, -0.25) is 0 Å². The second-order valence-corrected chi connectivity index (χ2v) is 10.8. The van der Waals surface area contributed by atoms with Gasteiger partial charge in [0.25, 0.3) is 0 Å². The summed E-state index contributed by atoms with van der Waals surface area (Å²) >= 11 is 0.143. The summed E-state index contributed by atoms with van der Waals surface area (Å²) in [6.45, 7) is 4.44. The first-order valence-electron chi connectivity index (χ1n) is 7.43. The summed E-state index contributed by atoms with van der Waals surface area (Å²) < 4.78 is 14.0. The van der Waals surface area contributed by atoms with Gasteiger partial charge in [0.05, 0.1) is 0 Å². The molecule has 100 valence electrons. The van der Waals surface area contributed by atoms with E-state index in [4.69, 9.17) is 0 Å². The Labute approximate surface area is 121 Å². The third kappa shape index (κ3) is 5.96. The fourth-order valence-electron chi connectivity index (χ4n) is 2.89. The first kappa shape index (κ1) is 15.8. The summed E-state index contributed by atoms with van der Waals surface area (Å²) in [5.74, 6) is 0.390. The van der Waals surface area contributed by atoms with E-state index < -0.39 is 3.43 Å². The molecule has 0 bridgehead atoms. The Morgan fingerprint density at radius 1 is 1.18 bits per heavy atom. The van der Waals surface area contributed by atoms with Crippen LogP contribution < -0.4 is 0 Å². The van der Waals surface area contributed by atoms with Crippen molar-refractivity contribution in [3.05, 3.63) is 0 Å². The second-order valence-electron chi connectivity index (χ2n) is 6.02. The van der Waals surface area contributed by atoms with E-state index in [0.717, 1.165) is 38.8 Å². The van der Waals surface area contributed by atoms with Crippen LogP contribution in [0.3, 0.4) is 0 Å². The van der Waals surface area contributed by atoms with Gasteiger partial charge < -0.3 is 0 Å². The standard InChI is InChI=1S/C14H27FN.In.2H/c1-3-4-5-6-7-8-14(15)13-9-11-16(2)12-10-13;;;/h13H,3-12H2,1-2H3;;;. The summed E-state index contributed by atoms with van der Waals surface area (Å²) in [6, 6.07) is 0. The molecule has 0 aromatic rings. The molecule has 1 rings (SSSR count). The van der Waals surface area contributed by atoms with Crippen LogP contribution in [0.4, 0.5) is 4.39 Å². The first-order chi connectivity index (χ1) is 8.06. The Balaban J connectivity index is 2.20. The molecule has 1 saturated heterocycles. The fourth-order valence-corrected chi connectivity index (χ4v) is 5.55. The second kappa shape index (κ2) is 8.04. The fraction of sp³-hybridized carbons (Fsp3) is 1.00. The van der Waals surface area contributed by atoms with Crippen LogP contribution in [0.15, 0.2) is 0 Å². The molecule has 0 radical (unpaired) electrons. The predicted molar refractivity (Wildman–Crippen MR) is 76.0 cm³/mol. The molecule has 0 saturated carbocycles. The number of nitrogens with zero attached hydrogens (tertiary/aromatic N) is 1. The maximum atomic E-state index is 14.7. The SMILES string of the molecule is CCCCCCC[C](F)([InH2])C1CCN(C)CC1. The Kier molecular flexibility index (Phi) is 7.48. The molecule has 0 aromatic heterocycles. The van der Waals surface area contributed by atoms with Crippen LogP contribution in [0.2, 0.25) is 0 Å². The minimum absolute atomic E-state index is 0.143. The van der Waals surface area contributed by atoms with Gasteiger partial charge in [-0.05, 0) is 0 Å². The van der Waals surface area contributed by atoms with Gasteiger partial charge in [0.15, 0.2) is 0 Å². The van der Waals surface area contributed by atoms with Gasteiger partial charge in [-0.2, -0.15) is 0 Å². The molecule has 1 fully saturated rings. The van der Waals surface area contributed by atoms with Gasteiger partial charge in [0, 0.05) is 0 Å². The molecule has 1 aliphatic heterocycles. The third-order valence-electron chi connectivity index (χ3n) is 4.34. The molecule has 0 spiro atoms. The van der Waals surface area contributed by atoms with E-state index in [9.17, 15) is 4.39 Å². The van der Waals surface area contributed by atoms with Crippen LogP contribution in [-0.4, -0.2) is 52.8 Å². The minimum atomic E-state index is -0.713. The molecule has 0 N–H and O–H groups in total. The number of unbranched alkanes of at least 4 members (excludes halogenated alkanes) is 4. The number of likely N-dealkylation sites (tertiary alicyclic amines) is 1. The van der Waals surface area contributed by atoms with Crippen LogP contribution in [0.25, 0.3) is 0 Å². The number of rotatable bonds is 7. The summed E-state index contributed by atoms with van der Waals surface area (Å²) in [4.78, 5) is 2.34. The van der Waals surface area contributed by atoms with Gasteiger partial charge >= 0.3 is 121 Å². The number of piperidine rings is 1. The van der Waals surface area contributed by atoms with Crippen LogP contribution in [0, 0.1) is 5.92 Å². The van der Waals surface area contributed by atoms with Crippen molar-refractivity contribution in [3.8, 4) is 0 Å². The molecule has 0 aliphatic carbocycles. The van der Waals surface area contributed by atoms with E-state index >= 15 is 0 Å². The maximum absolute atomic E-state index is 14.7. The van der Waals surface area contributed by atoms with Crippen molar-refractivity contribution in [3.63, 3.8) is 0 Å². The summed E-state index contributed by atoms with van der Waals surface area (Å²) in [6.07, 6.45) is 9.31. The van der Waals surface area contributed by atoms with Crippen molar-refractivity contribution >= 4 is 24.4 Å². The van der Waals surface area contributed by atoms with Crippen molar-refractivity contribution in [1.82, 2.24) is 4.90 Å². The summed E-state index contributed by atoms with van der Waals surface area (Å²) in [7, 11) is 2.15. The van der Waals surface area contributed by atoms with Crippen molar-refractivity contribution in [2.24, 2.45) is 5.92 Å². The van der Waals surface area contributed by atoms with Crippen LogP contribution in [0.1, 0.15) is 58.3 Å². The van der Waals surface area contributed by atoms with E-state index in [2.05, 4.69) is 18.9 Å². The molecule has 0 aromatic carbocycles. The topological polar surface area (TPSA) is 3.24 Å². The van der Waals surface area contributed by atoms with E-state index in [0.29, 0.717) is 5.92 Å². The van der Waals surface area contributed by atoms with E-state index in [1.54, 1.807) is 0 Å². The molecule has 3 heteroatoms. The van der Waals surface area contributed by atoms with Crippen LogP contribution in [0.5, 0.6) is 0 Å².